The molecule has 0 bridgehead atoms. The van der Waals surface area contributed by atoms with Gasteiger partial charge < -0.3 is 10.4 Å². The monoisotopic (exact) mass is 377 g/mol. The third-order valence-corrected chi connectivity index (χ3v) is 5.02. The molecule has 3 nitrogen and oxygen atoms in total. The third kappa shape index (κ3) is 6.82. The summed E-state index contributed by atoms with van der Waals surface area (Å²) in [5.74, 6) is 0.00132. The SMILES string of the molecule is CC/C(=C/C=C/NC(=O)c1ccccc1)[C@@H](CC)[C@@H](O)CCc1ccccc1. The highest BCUT2D eigenvalue weighted by Gasteiger charge is 2.20. The molecule has 0 heterocycles. The minimum atomic E-state index is -0.372. The highest BCUT2D eigenvalue weighted by molar-refractivity contribution is 5.94. The zero-order valence-electron chi connectivity index (χ0n) is 16.8. The van der Waals surface area contributed by atoms with Crippen molar-refractivity contribution in [2.75, 3.05) is 0 Å². The maximum Gasteiger partial charge on any atom is 0.255 e. The molecular weight excluding hydrogens is 346 g/mol. The number of aliphatic hydroxyl groups is 1. The van der Waals surface area contributed by atoms with E-state index in [4.69, 9.17) is 0 Å². The lowest BCUT2D eigenvalue weighted by molar-refractivity contribution is 0.0970. The fourth-order valence-electron chi connectivity index (χ4n) is 3.41. The van der Waals surface area contributed by atoms with Gasteiger partial charge in [-0.2, -0.15) is 0 Å². The van der Waals surface area contributed by atoms with Gasteiger partial charge in [-0.25, -0.2) is 0 Å². The topological polar surface area (TPSA) is 49.3 Å². The number of benzene rings is 2. The van der Waals surface area contributed by atoms with E-state index in [1.165, 1.54) is 11.1 Å². The summed E-state index contributed by atoms with van der Waals surface area (Å²) in [5.41, 5.74) is 3.09. The standard InChI is InChI=1S/C25H31NO2/c1-3-21(16-11-19-26-25(28)22-14-9-6-10-15-22)23(4-2)24(27)18-17-20-12-7-5-8-13-20/h5-16,19,23-24,27H,3-4,17-18H2,1-2H3,(H,26,28)/b19-11+,21-16-/t23-,24+/m1/s1. The van der Waals surface area contributed by atoms with Gasteiger partial charge in [0.15, 0.2) is 0 Å². The first-order valence-electron chi connectivity index (χ1n) is 10.1. The summed E-state index contributed by atoms with van der Waals surface area (Å²) in [4.78, 5) is 12.1. The lowest BCUT2D eigenvalue weighted by atomic mass is 9.86. The lowest BCUT2D eigenvalue weighted by Crippen LogP contribution is -2.22. The van der Waals surface area contributed by atoms with Crippen LogP contribution in [0.5, 0.6) is 0 Å². The molecule has 2 N–H and O–H groups in total. The number of carbonyl (C=O) groups is 1. The molecule has 0 aliphatic heterocycles. The van der Waals surface area contributed by atoms with Crippen LogP contribution in [0, 0.1) is 5.92 Å². The van der Waals surface area contributed by atoms with Gasteiger partial charge in [0.2, 0.25) is 0 Å². The van der Waals surface area contributed by atoms with Crippen LogP contribution < -0.4 is 5.32 Å². The number of amides is 1. The van der Waals surface area contributed by atoms with E-state index in [-0.39, 0.29) is 17.9 Å². The molecule has 0 fully saturated rings. The quantitative estimate of drug-likeness (QED) is 0.553. The van der Waals surface area contributed by atoms with Crippen molar-refractivity contribution in [2.45, 2.75) is 45.6 Å². The first kappa shape index (κ1) is 21.6. The van der Waals surface area contributed by atoms with E-state index in [1.807, 2.05) is 48.6 Å². The van der Waals surface area contributed by atoms with E-state index in [0.29, 0.717) is 5.56 Å². The third-order valence-electron chi connectivity index (χ3n) is 5.02. The summed E-state index contributed by atoms with van der Waals surface area (Å²) in [6.07, 6.45) is 8.54. The number of carbonyl (C=O) groups excluding carboxylic acids is 1. The molecule has 148 valence electrons. The molecule has 0 aliphatic rings. The van der Waals surface area contributed by atoms with E-state index in [1.54, 1.807) is 18.3 Å². The van der Waals surface area contributed by atoms with Crippen molar-refractivity contribution in [3.05, 3.63) is 95.7 Å². The average Bonchev–Trinajstić information content (AvgIpc) is 2.75. The summed E-state index contributed by atoms with van der Waals surface area (Å²) >= 11 is 0. The Morgan fingerprint density at radius 2 is 1.68 bits per heavy atom. The van der Waals surface area contributed by atoms with E-state index < -0.39 is 0 Å². The molecule has 2 aromatic rings. The number of aryl methyl sites for hydroxylation is 1. The largest absolute Gasteiger partial charge is 0.392 e. The van der Waals surface area contributed by atoms with Gasteiger partial charge in [0.25, 0.3) is 5.91 Å². The van der Waals surface area contributed by atoms with E-state index in [2.05, 4.69) is 31.3 Å². The van der Waals surface area contributed by atoms with Gasteiger partial charge >= 0.3 is 0 Å². The Bertz CT molecular complexity index is 766. The summed E-state index contributed by atoms with van der Waals surface area (Å²) < 4.78 is 0. The zero-order valence-corrected chi connectivity index (χ0v) is 16.8. The van der Waals surface area contributed by atoms with Crippen molar-refractivity contribution in [3.8, 4) is 0 Å². The maximum absolute atomic E-state index is 12.1. The number of hydrogen-bond acceptors (Lipinski definition) is 2. The molecule has 2 aromatic carbocycles. The first-order chi connectivity index (χ1) is 13.7. The second kappa shape index (κ2) is 11.9. The molecule has 0 aromatic heterocycles. The van der Waals surface area contributed by atoms with Gasteiger partial charge in [-0.3, -0.25) is 4.79 Å². The normalized spacial score (nSPS) is 14.0. The molecule has 0 spiro atoms. The molecule has 0 unspecified atom stereocenters. The van der Waals surface area contributed by atoms with Crippen molar-refractivity contribution >= 4 is 5.91 Å². The number of rotatable bonds is 10. The molecule has 0 radical (unpaired) electrons. The van der Waals surface area contributed by atoms with Crippen LogP contribution in [-0.2, 0) is 6.42 Å². The lowest BCUT2D eigenvalue weighted by Gasteiger charge is -2.24. The second-order valence-corrected chi connectivity index (χ2v) is 6.90. The van der Waals surface area contributed by atoms with Gasteiger partial charge in [0.1, 0.15) is 0 Å². The van der Waals surface area contributed by atoms with E-state index in [0.717, 1.165) is 25.7 Å². The minimum Gasteiger partial charge on any atom is -0.392 e. The molecular formula is C25H31NO2. The maximum atomic E-state index is 12.1. The Kier molecular flexibility index (Phi) is 9.23. The van der Waals surface area contributed by atoms with Crippen LogP contribution in [0.15, 0.2) is 84.6 Å². The van der Waals surface area contributed by atoms with Crippen molar-refractivity contribution in [1.82, 2.24) is 5.32 Å². The van der Waals surface area contributed by atoms with Crippen molar-refractivity contribution in [3.63, 3.8) is 0 Å². The Morgan fingerprint density at radius 3 is 2.29 bits per heavy atom. The molecule has 0 saturated heterocycles. The van der Waals surface area contributed by atoms with Crippen molar-refractivity contribution in [2.24, 2.45) is 5.92 Å². The Balaban J connectivity index is 1.93. The van der Waals surface area contributed by atoms with Gasteiger partial charge in [0, 0.05) is 17.7 Å². The fraction of sp³-hybridized carbons (Fsp3) is 0.320. The van der Waals surface area contributed by atoms with Crippen LogP contribution in [0.2, 0.25) is 0 Å². The molecule has 3 heteroatoms. The summed E-state index contributed by atoms with van der Waals surface area (Å²) in [7, 11) is 0. The van der Waals surface area contributed by atoms with Crippen LogP contribution in [0.4, 0.5) is 0 Å². The number of nitrogens with one attached hydrogen (secondary N) is 1. The smallest absolute Gasteiger partial charge is 0.255 e. The van der Waals surface area contributed by atoms with Gasteiger partial charge in [-0.05, 0) is 49.5 Å². The summed E-state index contributed by atoms with van der Waals surface area (Å²) in [6, 6.07) is 19.4. The van der Waals surface area contributed by atoms with Crippen LogP contribution in [0.1, 0.15) is 49.0 Å². The van der Waals surface area contributed by atoms with Gasteiger partial charge in [-0.15, -0.1) is 0 Å². The second-order valence-electron chi connectivity index (χ2n) is 6.90. The van der Waals surface area contributed by atoms with E-state index in [9.17, 15) is 9.90 Å². The molecule has 1 amide bonds. The predicted molar refractivity (Wildman–Crippen MR) is 116 cm³/mol. The van der Waals surface area contributed by atoms with Crippen molar-refractivity contribution < 1.29 is 9.90 Å². The van der Waals surface area contributed by atoms with Gasteiger partial charge in [0.05, 0.1) is 6.10 Å². The Morgan fingerprint density at radius 1 is 1.04 bits per heavy atom. The van der Waals surface area contributed by atoms with Crippen molar-refractivity contribution in [1.29, 1.82) is 0 Å². The van der Waals surface area contributed by atoms with Crippen LogP contribution in [-0.4, -0.2) is 17.1 Å². The summed E-state index contributed by atoms with van der Waals surface area (Å²) in [6.45, 7) is 4.22. The number of aliphatic hydroxyl groups excluding tert-OH is 1. The van der Waals surface area contributed by atoms with Gasteiger partial charge in [-0.1, -0.05) is 74.0 Å². The highest BCUT2D eigenvalue weighted by Crippen LogP contribution is 2.25. The predicted octanol–water partition coefficient (Wildman–Crippen LogP) is 5.29. The van der Waals surface area contributed by atoms with Crippen LogP contribution in [0.3, 0.4) is 0 Å². The van der Waals surface area contributed by atoms with E-state index >= 15 is 0 Å². The first-order valence-corrected chi connectivity index (χ1v) is 10.1. The Labute approximate surface area is 168 Å². The molecule has 0 saturated carbocycles. The van der Waals surface area contributed by atoms with Crippen LogP contribution in [0.25, 0.3) is 0 Å². The summed E-state index contributed by atoms with van der Waals surface area (Å²) in [5, 5.41) is 13.5. The molecule has 0 aliphatic carbocycles. The number of hydrogen-bond donors (Lipinski definition) is 2. The fourth-order valence-corrected chi connectivity index (χ4v) is 3.41. The number of allylic oxidation sites excluding steroid dienone is 2. The Hall–Kier alpha value is -2.65. The minimum absolute atomic E-state index is 0.127. The molecule has 2 rings (SSSR count). The average molecular weight is 378 g/mol. The van der Waals surface area contributed by atoms with Crippen LogP contribution >= 0.6 is 0 Å². The molecule has 28 heavy (non-hydrogen) atoms. The highest BCUT2D eigenvalue weighted by atomic mass is 16.3. The molecule has 2 atom stereocenters. The zero-order chi connectivity index (χ0) is 20.2.